The Balaban J connectivity index is 2.24. The molecule has 0 saturated carbocycles. The van der Waals surface area contributed by atoms with Gasteiger partial charge in [0.15, 0.2) is 0 Å². The molecule has 0 unspecified atom stereocenters. The van der Waals surface area contributed by atoms with Crippen molar-refractivity contribution in [3.63, 3.8) is 0 Å². The third-order valence-electron chi connectivity index (χ3n) is 2.24. The molecule has 0 fully saturated rings. The van der Waals surface area contributed by atoms with Crippen molar-refractivity contribution in [2.24, 2.45) is 0 Å². The van der Waals surface area contributed by atoms with Gasteiger partial charge < -0.3 is 9.84 Å². The van der Waals surface area contributed by atoms with E-state index in [0.29, 0.717) is 11.3 Å². The van der Waals surface area contributed by atoms with Crippen LogP contribution in [0.5, 0.6) is 5.75 Å². The Hall–Kier alpha value is -1.06. The maximum atomic E-state index is 12.9. The van der Waals surface area contributed by atoms with Crippen molar-refractivity contribution in [2.45, 2.75) is 12.2 Å². The maximum Gasteiger partial charge on any atom is 0.144 e. The number of aliphatic hydroxyl groups excluding tert-OH is 1. The molecular formula is C11H10ClFO2. The fraction of sp³-hybridized carbons (Fsp3) is 0.273. The first-order valence-electron chi connectivity index (χ1n) is 4.59. The molecule has 1 heterocycles. The van der Waals surface area contributed by atoms with Crippen LogP contribution in [0.2, 0.25) is 0 Å². The van der Waals surface area contributed by atoms with Gasteiger partial charge in [0.05, 0.1) is 5.88 Å². The SMILES string of the molecule is O[C@@H](CCl)[C@@H]1C=Cc2cc(F)ccc2O1. The predicted molar refractivity (Wildman–Crippen MR) is 56.6 cm³/mol. The topological polar surface area (TPSA) is 29.5 Å². The molecule has 0 saturated heterocycles. The Kier molecular flexibility index (Phi) is 2.93. The highest BCUT2D eigenvalue weighted by Crippen LogP contribution is 2.27. The second kappa shape index (κ2) is 4.21. The van der Waals surface area contributed by atoms with Crippen molar-refractivity contribution in [1.29, 1.82) is 0 Å². The molecule has 0 bridgehead atoms. The largest absolute Gasteiger partial charge is 0.483 e. The van der Waals surface area contributed by atoms with Crippen LogP contribution in [-0.4, -0.2) is 23.2 Å². The van der Waals surface area contributed by atoms with Gasteiger partial charge in [-0.15, -0.1) is 11.6 Å². The number of hydrogen-bond donors (Lipinski definition) is 1. The van der Waals surface area contributed by atoms with Crippen LogP contribution >= 0.6 is 11.6 Å². The summed E-state index contributed by atoms with van der Waals surface area (Å²) in [5, 5.41) is 9.48. The predicted octanol–water partition coefficient (Wildman–Crippen LogP) is 2.20. The molecule has 0 amide bonds. The molecule has 0 aromatic heterocycles. The van der Waals surface area contributed by atoms with E-state index in [1.807, 2.05) is 0 Å². The van der Waals surface area contributed by atoms with Crippen LogP contribution in [0.1, 0.15) is 5.56 Å². The van der Waals surface area contributed by atoms with Gasteiger partial charge in [-0.05, 0) is 24.3 Å². The standard InChI is InChI=1S/C11H10ClFO2/c12-6-9(14)11-3-1-7-5-8(13)2-4-10(7)15-11/h1-5,9,11,14H,6H2/t9-,11-/m0/s1. The molecule has 0 aliphatic carbocycles. The van der Waals surface area contributed by atoms with E-state index >= 15 is 0 Å². The molecule has 4 heteroatoms. The molecule has 0 radical (unpaired) electrons. The van der Waals surface area contributed by atoms with Crippen molar-refractivity contribution in [3.8, 4) is 5.75 Å². The zero-order chi connectivity index (χ0) is 10.8. The summed E-state index contributed by atoms with van der Waals surface area (Å²) in [6, 6.07) is 4.25. The number of aliphatic hydroxyl groups is 1. The molecule has 15 heavy (non-hydrogen) atoms. The molecule has 1 aromatic carbocycles. The van der Waals surface area contributed by atoms with Gasteiger partial charge in [-0.25, -0.2) is 4.39 Å². The highest BCUT2D eigenvalue weighted by Gasteiger charge is 2.21. The van der Waals surface area contributed by atoms with E-state index in [1.54, 1.807) is 18.2 Å². The van der Waals surface area contributed by atoms with Gasteiger partial charge in [-0.3, -0.25) is 0 Å². The summed E-state index contributed by atoms with van der Waals surface area (Å²) in [7, 11) is 0. The first-order chi connectivity index (χ1) is 7.20. The summed E-state index contributed by atoms with van der Waals surface area (Å²) in [4.78, 5) is 0. The Morgan fingerprint density at radius 1 is 1.53 bits per heavy atom. The summed E-state index contributed by atoms with van der Waals surface area (Å²) in [5.41, 5.74) is 0.674. The average Bonchev–Trinajstić information content (AvgIpc) is 2.27. The van der Waals surface area contributed by atoms with Crippen molar-refractivity contribution < 1.29 is 14.2 Å². The van der Waals surface area contributed by atoms with E-state index in [0.717, 1.165) is 0 Å². The van der Waals surface area contributed by atoms with Gasteiger partial charge in [-0.1, -0.05) is 6.08 Å². The van der Waals surface area contributed by atoms with Crippen LogP contribution in [0.25, 0.3) is 6.08 Å². The third-order valence-corrected chi connectivity index (χ3v) is 2.55. The van der Waals surface area contributed by atoms with Gasteiger partial charge in [0.1, 0.15) is 23.8 Å². The summed E-state index contributed by atoms with van der Waals surface area (Å²) in [5.74, 6) is 0.359. The van der Waals surface area contributed by atoms with Crippen LogP contribution in [0.15, 0.2) is 24.3 Å². The van der Waals surface area contributed by atoms with Crippen molar-refractivity contribution in [1.82, 2.24) is 0 Å². The normalized spacial score (nSPS) is 20.6. The van der Waals surface area contributed by atoms with Gasteiger partial charge in [-0.2, -0.15) is 0 Å². The summed E-state index contributed by atoms with van der Waals surface area (Å²) in [6.07, 6.45) is 2.19. The zero-order valence-electron chi connectivity index (χ0n) is 7.86. The maximum absolute atomic E-state index is 12.9. The van der Waals surface area contributed by atoms with Crippen LogP contribution in [0.4, 0.5) is 4.39 Å². The van der Waals surface area contributed by atoms with Gasteiger partial charge in [0, 0.05) is 5.56 Å². The van der Waals surface area contributed by atoms with E-state index < -0.39 is 12.2 Å². The third kappa shape index (κ3) is 2.13. The number of benzene rings is 1. The van der Waals surface area contributed by atoms with Gasteiger partial charge in [0.2, 0.25) is 0 Å². The number of hydrogen-bond acceptors (Lipinski definition) is 2. The summed E-state index contributed by atoms with van der Waals surface area (Å²) >= 11 is 5.51. The summed E-state index contributed by atoms with van der Waals surface area (Å²) in [6.45, 7) is 0. The van der Waals surface area contributed by atoms with E-state index in [-0.39, 0.29) is 11.7 Å². The molecule has 1 N–H and O–H groups in total. The number of rotatable bonds is 2. The average molecular weight is 229 g/mol. The molecule has 2 atom stereocenters. The lowest BCUT2D eigenvalue weighted by atomic mass is 10.1. The number of halogens is 2. The number of fused-ring (bicyclic) bond motifs is 1. The first kappa shape index (κ1) is 10.5. The molecule has 0 spiro atoms. The Morgan fingerprint density at radius 2 is 2.33 bits per heavy atom. The van der Waals surface area contributed by atoms with Crippen LogP contribution in [0.3, 0.4) is 0 Å². The molecule has 2 rings (SSSR count). The molecule has 1 aromatic rings. The Morgan fingerprint density at radius 3 is 3.07 bits per heavy atom. The minimum Gasteiger partial charge on any atom is -0.483 e. The van der Waals surface area contributed by atoms with Crippen molar-refractivity contribution in [3.05, 3.63) is 35.7 Å². The van der Waals surface area contributed by atoms with E-state index in [9.17, 15) is 9.50 Å². The van der Waals surface area contributed by atoms with Gasteiger partial charge >= 0.3 is 0 Å². The second-order valence-corrected chi connectivity index (χ2v) is 3.65. The molecule has 80 valence electrons. The fourth-order valence-corrected chi connectivity index (χ4v) is 1.61. The van der Waals surface area contributed by atoms with Crippen LogP contribution in [-0.2, 0) is 0 Å². The van der Waals surface area contributed by atoms with Crippen LogP contribution < -0.4 is 4.74 Å². The quantitative estimate of drug-likeness (QED) is 0.787. The fourth-order valence-electron chi connectivity index (χ4n) is 1.44. The lowest BCUT2D eigenvalue weighted by Gasteiger charge is -2.24. The number of ether oxygens (including phenoxy) is 1. The molecule has 1 aliphatic heterocycles. The van der Waals surface area contributed by atoms with E-state index in [2.05, 4.69) is 0 Å². The Bertz CT molecular complexity index is 392. The second-order valence-electron chi connectivity index (χ2n) is 3.35. The lowest BCUT2D eigenvalue weighted by molar-refractivity contribution is 0.0786. The molecule has 1 aliphatic rings. The molecular weight excluding hydrogens is 219 g/mol. The van der Waals surface area contributed by atoms with E-state index in [1.165, 1.54) is 12.1 Å². The Labute approximate surface area is 91.9 Å². The van der Waals surface area contributed by atoms with Crippen molar-refractivity contribution >= 4 is 17.7 Å². The van der Waals surface area contributed by atoms with Crippen LogP contribution in [0, 0.1) is 5.82 Å². The molecule has 2 nitrogen and oxygen atoms in total. The van der Waals surface area contributed by atoms with E-state index in [4.69, 9.17) is 16.3 Å². The minimum atomic E-state index is -0.749. The number of alkyl halides is 1. The smallest absolute Gasteiger partial charge is 0.144 e. The van der Waals surface area contributed by atoms with Gasteiger partial charge in [0.25, 0.3) is 0 Å². The first-order valence-corrected chi connectivity index (χ1v) is 5.12. The lowest BCUT2D eigenvalue weighted by Crippen LogP contribution is -2.32. The zero-order valence-corrected chi connectivity index (χ0v) is 8.62. The summed E-state index contributed by atoms with van der Waals surface area (Å²) < 4.78 is 18.3. The highest BCUT2D eigenvalue weighted by molar-refractivity contribution is 6.18. The van der Waals surface area contributed by atoms with Crippen molar-refractivity contribution in [2.75, 3.05) is 5.88 Å². The minimum absolute atomic E-state index is 0.103. The highest BCUT2D eigenvalue weighted by atomic mass is 35.5. The monoisotopic (exact) mass is 228 g/mol.